The van der Waals surface area contributed by atoms with Gasteiger partial charge >= 0.3 is 0 Å². The van der Waals surface area contributed by atoms with E-state index < -0.39 is 0 Å². The normalized spacial score (nSPS) is 20.4. The minimum Gasteiger partial charge on any atom is -0.395 e. The van der Waals surface area contributed by atoms with Gasteiger partial charge in [0.05, 0.1) is 6.61 Å². The third kappa shape index (κ3) is 4.37. The van der Waals surface area contributed by atoms with E-state index in [9.17, 15) is 5.11 Å². The van der Waals surface area contributed by atoms with E-state index in [4.69, 9.17) is 5.73 Å². The van der Waals surface area contributed by atoms with Crippen molar-refractivity contribution in [2.24, 2.45) is 11.7 Å². The SMILES string of the molecule is CN(C)CCCN(C)C(CO)C(N)C1CC1. The molecule has 0 aliphatic heterocycles. The second kappa shape index (κ2) is 6.55. The van der Waals surface area contributed by atoms with Crippen LogP contribution in [0.2, 0.25) is 0 Å². The van der Waals surface area contributed by atoms with Crippen LogP contribution in [-0.2, 0) is 0 Å². The van der Waals surface area contributed by atoms with Crippen LogP contribution in [0.1, 0.15) is 19.3 Å². The van der Waals surface area contributed by atoms with Gasteiger partial charge in [-0.25, -0.2) is 0 Å². The summed E-state index contributed by atoms with van der Waals surface area (Å²) in [6, 6.07) is 0.281. The van der Waals surface area contributed by atoms with E-state index in [2.05, 4.69) is 30.9 Å². The van der Waals surface area contributed by atoms with Gasteiger partial charge in [0.1, 0.15) is 0 Å². The lowest BCUT2D eigenvalue weighted by molar-refractivity contribution is 0.117. The van der Waals surface area contributed by atoms with Crippen LogP contribution in [0.3, 0.4) is 0 Å². The van der Waals surface area contributed by atoms with Crippen molar-refractivity contribution in [3.63, 3.8) is 0 Å². The first kappa shape index (κ1) is 13.9. The molecule has 1 saturated carbocycles. The Morgan fingerprint density at radius 2 is 1.88 bits per heavy atom. The van der Waals surface area contributed by atoms with E-state index >= 15 is 0 Å². The number of nitrogens with zero attached hydrogens (tertiary/aromatic N) is 2. The number of nitrogens with two attached hydrogens (primary N) is 1. The summed E-state index contributed by atoms with van der Waals surface area (Å²) >= 11 is 0. The van der Waals surface area contributed by atoms with Crippen molar-refractivity contribution in [1.29, 1.82) is 0 Å². The predicted molar refractivity (Wildman–Crippen MR) is 67.4 cm³/mol. The highest BCUT2D eigenvalue weighted by molar-refractivity contribution is 4.92. The van der Waals surface area contributed by atoms with E-state index in [1.54, 1.807) is 0 Å². The summed E-state index contributed by atoms with van der Waals surface area (Å²) in [6.45, 7) is 2.26. The number of hydrogen-bond donors (Lipinski definition) is 2. The molecule has 2 unspecified atom stereocenters. The van der Waals surface area contributed by atoms with Crippen molar-refractivity contribution < 1.29 is 5.11 Å². The van der Waals surface area contributed by atoms with Crippen LogP contribution in [0.4, 0.5) is 0 Å². The summed E-state index contributed by atoms with van der Waals surface area (Å²) in [6.07, 6.45) is 3.60. The third-order valence-electron chi connectivity index (χ3n) is 3.48. The number of aliphatic hydroxyl groups is 1. The van der Waals surface area contributed by atoms with Gasteiger partial charge in [-0.05, 0) is 59.4 Å². The maximum absolute atomic E-state index is 9.42. The van der Waals surface area contributed by atoms with Crippen LogP contribution in [0.5, 0.6) is 0 Å². The van der Waals surface area contributed by atoms with Crippen LogP contribution in [0, 0.1) is 5.92 Å². The minimum absolute atomic E-state index is 0.134. The molecular formula is C12H27N3O. The Bertz CT molecular complexity index is 195. The van der Waals surface area contributed by atoms with Crippen molar-refractivity contribution in [3.8, 4) is 0 Å². The summed E-state index contributed by atoms with van der Waals surface area (Å²) in [4.78, 5) is 4.40. The zero-order valence-corrected chi connectivity index (χ0v) is 10.9. The Hall–Kier alpha value is -0.160. The highest BCUT2D eigenvalue weighted by Gasteiger charge is 2.35. The lowest BCUT2D eigenvalue weighted by atomic mass is 10.0. The molecule has 0 heterocycles. The molecule has 4 heteroatoms. The number of likely N-dealkylation sites (N-methyl/N-ethyl adjacent to an activating group) is 1. The van der Waals surface area contributed by atoms with Crippen LogP contribution < -0.4 is 5.73 Å². The van der Waals surface area contributed by atoms with Gasteiger partial charge in [-0.3, -0.25) is 4.90 Å². The molecule has 0 aromatic rings. The van der Waals surface area contributed by atoms with Crippen LogP contribution in [-0.4, -0.2) is 67.8 Å². The number of rotatable bonds is 8. The Balaban J connectivity index is 2.27. The first-order valence-corrected chi connectivity index (χ1v) is 6.27. The Morgan fingerprint density at radius 1 is 1.25 bits per heavy atom. The molecule has 1 aliphatic rings. The molecular weight excluding hydrogens is 202 g/mol. The monoisotopic (exact) mass is 229 g/mol. The van der Waals surface area contributed by atoms with E-state index in [1.165, 1.54) is 12.8 Å². The highest BCUT2D eigenvalue weighted by Crippen LogP contribution is 2.33. The summed E-state index contributed by atoms with van der Waals surface area (Å²) in [5.74, 6) is 0.647. The summed E-state index contributed by atoms with van der Waals surface area (Å²) in [5, 5.41) is 9.42. The predicted octanol–water partition coefficient (Wildman–Crippen LogP) is -0.0319. The Morgan fingerprint density at radius 3 is 2.31 bits per heavy atom. The van der Waals surface area contributed by atoms with Crippen molar-refractivity contribution in [1.82, 2.24) is 9.80 Å². The quantitative estimate of drug-likeness (QED) is 0.614. The Labute approximate surface area is 99.4 Å². The molecule has 1 aliphatic carbocycles. The molecule has 0 aromatic carbocycles. The molecule has 1 fully saturated rings. The van der Waals surface area contributed by atoms with E-state index in [0.29, 0.717) is 5.92 Å². The van der Waals surface area contributed by atoms with Crippen LogP contribution in [0.15, 0.2) is 0 Å². The van der Waals surface area contributed by atoms with Gasteiger partial charge in [0, 0.05) is 12.1 Å². The molecule has 0 saturated heterocycles. The first-order chi connectivity index (χ1) is 7.56. The fraction of sp³-hybridized carbons (Fsp3) is 1.00. The highest BCUT2D eigenvalue weighted by atomic mass is 16.3. The Kier molecular flexibility index (Phi) is 5.69. The lowest BCUT2D eigenvalue weighted by Crippen LogP contribution is -2.50. The smallest absolute Gasteiger partial charge is 0.0601 e. The molecule has 16 heavy (non-hydrogen) atoms. The van der Waals surface area contributed by atoms with Gasteiger partial charge in [-0.15, -0.1) is 0 Å². The molecule has 4 nitrogen and oxygen atoms in total. The molecule has 0 amide bonds. The maximum atomic E-state index is 9.42. The number of hydrogen-bond acceptors (Lipinski definition) is 4. The van der Waals surface area contributed by atoms with Crippen molar-refractivity contribution >= 4 is 0 Å². The standard InChI is InChI=1S/C12H27N3O/c1-14(2)7-4-8-15(3)11(9-16)12(13)10-5-6-10/h10-12,16H,4-9,13H2,1-3H3. The average Bonchev–Trinajstić information content (AvgIpc) is 3.01. The molecule has 0 radical (unpaired) electrons. The van der Waals surface area contributed by atoms with Crippen molar-refractivity contribution in [3.05, 3.63) is 0 Å². The van der Waals surface area contributed by atoms with Gasteiger partial charge in [0.15, 0.2) is 0 Å². The van der Waals surface area contributed by atoms with Gasteiger partial charge in [-0.1, -0.05) is 0 Å². The fourth-order valence-corrected chi connectivity index (χ4v) is 2.15. The second-order valence-electron chi connectivity index (χ2n) is 5.30. The van der Waals surface area contributed by atoms with Gasteiger partial charge in [0.25, 0.3) is 0 Å². The van der Waals surface area contributed by atoms with E-state index in [1.807, 2.05) is 0 Å². The fourth-order valence-electron chi connectivity index (χ4n) is 2.15. The summed E-state index contributed by atoms with van der Waals surface area (Å²) < 4.78 is 0. The maximum Gasteiger partial charge on any atom is 0.0601 e. The number of aliphatic hydroxyl groups excluding tert-OH is 1. The summed E-state index contributed by atoms with van der Waals surface area (Å²) in [7, 11) is 6.23. The molecule has 3 N–H and O–H groups in total. The molecule has 0 spiro atoms. The van der Waals surface area contributed by atoms with E-state index in [0.717, 1.165) is 19.5 Å². The van der Waals surface area contributed by atoms with Gasteiger partial charge in [0.2, 0.25) is 0 Å². The zero-order chi connectivity index (χ0) is 12.1. The van der Waals surface area contributed by atoms with Gasteiger partial charge in [-0.2, -0.15) is 0 Å². The van der Waals surface area contributed by atoms with Gasteiger partial charge < -0.3 is 15.7 Å². The molecule has 2 atom stereocenters. The van der Waals surface area contributed by atoms with E-state index in [-0.39, 0.29) is 18.7 Å². The minimum atomic E-state index is 0.134. The summed E-state index contributed by atoms with van der Waals surface area (Å²) in [5.41, 5.74) is 6.15. The molecule has 96 valence electrons. The molecule has 0 bridgehead atoms. The van der Waals surface area contributed by atoms with Crippen LogP contribution >= 0.6 is 0 Å². The van der Waals surface area contributed by atoms with Crippen molar-refractivity contribution in [2.75, 3.05) is 40.8 Å². The van der Waals surface area contributed by atoms with Crippen LogP contribution in [0.25, 0.3) is 0 Å². The molecule has 0 aromatic heterocycles. The molecule has 1 rings (SSSR count). The third-order valence-corrected chi connectivity index (χ3v) is 3.48. The second-order valence-corrected chi connectivity index (χ2v) is 5.30. The largest absolute Gasteiger partial charge is 0.395 e. The average molecular weight is 229 g/mol. The topological polar surface area (TPSA) is 52.7 Å². The van der Waals surface area contributed by atoms with Crippen molar-refractivity contribution in [2.45, 2.75) is 31.3 Å². The zero-order valence-electron chi connectivity index (χ0n) is 10.9. The first-order valence-electron chi connectivity index (χ1n) is 6.27. The lowest BCUT2D eigenvalue weighted by Gasteiger charge is -2.31.